The molecular weight excluding hydrogens is 530 g/mol. The molecule has 2 unspecified atom stereocenters. The molecule has 0 radical (unpaired) electrons. The first-order chi connectivity index (χ1) is 20.4. The number of aliphatic carboxylic acids is 1. The van der Waals surface area contributed by atoms with Crippen LogP contribution in [0.4, 0.5) is 4.79 Å². The molecule has 2 saturated heterocycles. The van der Waals surface area contributed by atoms with Crippen molar-refractivity contribution in [1.82, 2.24) is 15.1 Å². The predicted octanol–water partition coefficient (Wildman–Crippen LogP) is 4.35. The van der Waals surface area contributed by atoms with Crippen LogP contribution in [0.3, 0.4) is 0 Å². The van der Waals surface area contributed by atoms with Crippen LogP contribution >= 0.6 is 0 Å². The quantitative estimate of drug-likeness (QED) is 0.442. The van der Waals surface area contributed by atoms with Crippen molar-refractivity contribution >= 4 is 18.0 Å². The lowest BCUT2D eigenvalue weighted by molar-refractivity contribution is -0.140. The molecule has 8 nitrogen and oxygen atoms in total. The summed E-state index contributed by atoms with van der Waals surface area (Å²) in [5, 5.41) is 12.6. The van der Waals surface area contributed by atoms with Gasteiger partial charge in [0.05, 0.1) is 5.92 Å². The van der Waals surface area contributed by atoms with E-state index in [4.69, 9.17) is 4.74 Å². The van der Waals surface area contributed by atoms with Crippen molar-refractivity contribution < 1.29 is 24.2 Å². The van der Waals surface area contributed by atoms with Gasteiger partial charge < -0.3 is 20.1 Å². The molecule has 1 saturated carbocycles. The van der Waals surface area contributed by atoms with E-state index in [2.05, 4.69) is 46.6 Å². The maximum atomic E-state index is 14.2. The summed E-state index contributed by atoms with van der Waals surface area (Å²) in [6, 6.07) is 26.5. The molecule has 8 heteroatoms. The third kappa shape index (κ3) is 4.73. The maximum Gasteiger partial charge on any atom is 0.408 e. The van der Waals surface area contributed by atoms with Gasteiger partial charge in [0.2, 0.25) is 5.91 Å². The van der Waals surface area contributed by atoms with Gasteiger partial charge in [-0.1, -0.05) is 78.9 Å². The summed E-state index contributed by atoms with van der Waals surface area (Å²) in [4.78, 5) is 43.2. The number of benzene rings is 3. The number of carbonyl (C=O) groups excluding carboxylic acids is 2. The number of ether oxygens (including phenoxy) is 1. The van der Waals surface area contributed by atoms with Crippen molar-refractivity contribution in [2.45, 2.75) is 30.8 Å². The van der Waals surface area contributed by atoms with Crippen molar-refractivity contribution in [3.63, 3.8) is 0 Å². The summed E-state index contributed by atoms with van der Waals surface area (Å²) in [7, 11) is 0. The van der Waals surface area contributed by atoms with Gasteiger partial charge in [0.15, 0.2) is 0 Å². The number of hydrogen-bond acceptors (Lipinski definition) is 5. The Bertz CT molecular complexity index is 1480. The third-order valence-corrected chi connectivity index (χ3v) is 9.76. The van der Waals surface area contributed by atoms with Crippen LogP contribution in [0.1, 0.15) is 35.4 Å². The highest BCUT2D eigenvalue weighted by atomic mass is 16.5. The molecule has 2 aliphatic heterocycles. The molecule has 4 atom stereocenters. The monoisotopic (exact) mass is 565 g/mol. The number of carboxylic acids is 1. The van der Waals surface area contributed by atoms with Crippen molar-refractivity contribution in [2.75, 3.05) is 32.8 Å². The highest BCUT2D eigenvalue weighted by Crippen LogP contribution is 2.52. The minimum Gasteiger partial charge on any atom is -0.481 e. The van der Waals surface area contributed by atoms with Gasteiger partial charge in [0, 0.05) is 38.6 Å². The number of carboxylic acid groups (broad SMARTS) is 1. The number of likely N-dealkylation sites (tertiary alicyclic amines) is 2. The number of piperidine rings is 1. The number of amides is 2. The van der Waals surface area contributed by atoms with Crippen LogP contribution in [0.2, 0.25) is 0 Å². The minimum absolute atomic E-state index is 0.00599. The van der Waals surface area contributed by atoms with Crippen LogP contribution in [0.15, 0.2) is 78.9 Å². The lowest BCUT2D eigenvalue weighted by Crippen LogP contribution is -2.62. The molecule has 7 rings (SSSR count). The molecular formula is C34H35N3O5. The Kier molecular flexibility index (Phi) is 6.73. The van der Waals surface area contributed by atoms with Crippen LogP contribution in [-0.2, 0) is 20.9 Å². The second-order valence-electron chi connectivity index (χ2n) is 12.2. The molecule has 0 aromatic heterocycles. The first-order valence-electron chi connectivity index (χ1n) is 14.9. The number of hydrogen-bond donors (Lipinski definition) is 2. The Morgan fingerprint density at radius 3 is 2.24 bits per heavy atom. The smallest absolute Gasteiger partial charge is 0.408 e. The average Bonchev–Trinajstić information content (AvgIpc) is 3.47. The Labute approximate surface area is 245 Å². The van der Waals surface area contributed by atoms with E-state index in [-0.39, 0.29) is 36.2 Å². The molecule has 0 bridgehead atoms. The van der Waals surface area contributed by atoms with Crippen LogP contribution in [0.25, 0.3) is 11.1 Å². The average molecular weight is 566 g/mol. The molecule has 216 valence electrons. The van der Waals surface area contributed by atoms with E-state index in [0.717, 1.165) is 27.8 Å². The molecule has 2 N–H and O–H groups in total. The molecule has 3 aromatic rings. The number of fused-ring (bicyclic) bond motifs is 4. The Hall–Kier alpha value is -4.17. The summed E-state index contributed by atoms with van der Waals surface area (Å²) in [6.45, 7) is 2.81. The number of nitrogens with one attached hydrogen (secondary N) is 1. The fourth-order valence-corrected chi connectivity index (χ4v) is 7.62. The van der Waals surface area contributed by atoms with Crippen molar-refractivity contribution in [3.8, 4) is 11.1 Å². The van der Waals surface area contributed by atoms with Gasteiger partial charge >= 0.3 is 12.1 Å². The summed E-state index contributed by atoms with van der Waals surface area (Å²) >= 11 is 0. The van der Waals surface area contributed by atoms with Crippen LogP contribution < -0.4 is 5.32 Å². The first kappa shape index (κ1) is 26.7. The molecule has 42 heavy (non-hydrogen) atoms. The van der Waals surface area contributed by atoms with Crippen LogP contribution in [0.5, 0.6) is 0 Å². The zero-order valence-electron chi connectivity index (χ0n) is 23.4. The van der Waals surface area contributed by atoms with Crippen molar-refractivity contribution in [1.29, 1.82) is 0 Å². The van der Waals surface area contributed by atoms with Gasteiger partial charge in [0.1, 0.15) is 12.1 Å². The lowest BCUT2D eigenvalue weighted by Gasteiger charge is -2.36. The second kappa shape index (κ2) is 10.6. The zero-order valence-corrected chi connectivity index (χ0v) is 23.4. The first-order valence-corrected chi connectivity index (χ1v) is 14.9. The number of nitrogens with zero attached hydrogens (tertiary/aromatic N) is 2. The lowest BCUT2D eigenvalue weighted by atomic mass is 9.95. The highest BCUT2D eigenvalue weighted by molar-refractivity contribution is 5.91. The highest BCUT2D eigenvalue weighted by Gasteiger charge is 2.59. The van der Waals surface area contributed by atoms with Crippen LogP contribution in [-0.4, -0.2) is 71.2 Å². The van der Waals surface area contributed by atoms with E-state index in [1.165, 1.54) is 0 Å². The van der Waals surface area contributed by atoms with Crippen LogP contribution in [0, 0.1) is 17.8 Å². The largest absolute Gasteiger partial charge is 0.481 e. The maximum absolute atomic E-state index is 14.2. The second-order valence-corrected chi connectivity index (χ2v) is 12.2. The third-order valence-electron chi connectivity index (χ3n) is 9.76. The standard InChI is InChI=1S/C34H35N3O5/c38-31(39)30-27-14-16-37(19-28(27)30)32(40)34(15-17-36(21-34)18-22-8-2-1-3-9-22)35-33(41)42-20-29-25-12-6-4-10-23(25)24-11-5-7-13-26(24)29/h1-13,27-30H,14-21H2,(H,35,41)(H,38,39)/t27-,28+,30?,34?/m1/s1. The topological polar surface area (TPSA) is 99.2 Å². The molecule has 0 spiro atoms. The van der Waals surface area contributed by atoms with E-state index >= 15 is 0 Å². The van der Waals surface area contributed by atoms with Crippen molar-refractivity contribution in [2.24, 2.45) is 17.8 Å². The SMILES string of the molecule is O=C(NC1(C(=O)N2CC[C@H]3C(C(=O)O)[C@H]3C2)CCN(Cc2ccccc2)C1)OCC1c2ccccc2-c2ccccc21. The van der Waals surface area contributed by atoms with E-state index in [1.54, 1.807) is 4.90 Å². The summed E-state index contributed by atoms with van der Waals surface area (Å²) in [6.07, 6.45) is 0.550. The normalized spacial score (nSPS) is 26.2. The fourth-order valence-electron chi connectivity index (χ4n) is 7.62. The van der Waals surface area contributed by atoms with E-state index in [0.29, 0.717) is 45.6 Å². The van der Waals surface area contributed by atoms with E-state index in [1.807, 2.05) is 42.5 Å². The minimum atomic E-state index is -1.13. The van der Waals surface area contributed by atoms with E-state index in [9.17, 15) is 19.5 Å². The van der Waals surface area contributed by atoms with Gasteiger partial charge in [-0.15, -0.1) is 0 Å². The summed E-state index contributed by atoms with van der Waals surface area (Å²) in [5.74, 6) is -1.21. The number of rotatable bonds is 7. The van der Waals surface area contributed by atoms with E-state index < -0.39 is 17.6 Å². The number of alkyl carbamates (subject to hydrolysis) is 1. The van der Waals surface area contributed by atoms with Gasteiger partial charge in [-0.05, 0) is 52.5 Å². The predicted molar refractivity (Wildman–Crippen MR) is 157 cm³/mol. The Morgan fingerprint density at radius 2 is 1.55 bits per heavy atom. The summed E-state index contributed by atoms with van der Waals surface area (Å²) < 4.78 is 5.88. The molecule has 2 aliphatic carbocycles. The number of carbonyl (C=O) groups is 3. The molecule has 2 amide bonds. The van der Waals surface area contributed by atoms with Gasteiger partial charge in [-0.2, -0.15) is 0 Å². The molecule has 4 aliphatic rings. The van der Waals surface area contributed by atoms with Gasteiger partial charge in [0.25, 0.3) is 0 Å². The molecule has 3 aromatic carbocycles. The van der Waals surface area contributed by atoms with Gasteiger partial charge in [-0.25, -0.2) is 4.79 Å². The molecule has 3 fully saturated rings. The van der Waals surface area contributed by atoms with Crippen molar-refractivity contribution in [3.05, 3.63) is 95.6 Å². The summed E-state index contributed by atoms with van der Waals surface area (Å²) in [5.41, 5.74) is 4.59. The molecule has 2 heterocycles. The Balaban J connectivity index is 1.08. The fraction of sp³-hybridized carbons (Fsp3) is 0.382. The Morgan fingerprint density at radius 1 is 0.881 bits per heavy atom. The van der Waals surface area contributed by atoms with Gasteiger partial charge in [-0.3, -0.25) is 14.5 Å². The zero-order chi connectivity index (χ0) is 28.8.